The van der Waals surface area contributed by atoms with Crippen LogP contribution in [0.15, 0.2) is 47.6 Å². The molecule has 1 fully saturated rings. The average Bonchev–Trinajstić information content (AvgIpc) is 2.74. The number of carbonyl (C=O) groups is 1. The van der Waals surface area contributed by atoms with E-state index in [1.807, 2.05) is 11.0 Å². The Hall–Kier alpha value is -2.51. The summed E-state index contributed by atoms with van der Waals surface area (Å²) in [5, 5.41) is 12.0. The van der Waals surface area contributed by atoms with Crippen LogP contribution in [0.1, 0.15) is 12.5 Å². The van der Waals surface area contributed by atoms with Crippen molar-refractivity contribution in [1.29, 1.82) is 5.26 Å². The summed E-state index contributed by atoms with van der Waals surface area (Å²) < 4.78 is 26.8. The molecule has 10 heteroatoms. The number of anilines is 1. The highest BCUT2D eigenvalue weighted by atomic mass is 35.5. The number of rotatable bonds is 5. The molecule has 1 aromatic heterocycles. The van der Waals surface area contributed by atoms with Gasteiger partial charge in [0.15, 0.2) is 0 Å². The van der Waals surface area contributed by atoms with Crippen LogP contribution in [0.2, 0.25) is 5.02 Å². The normalized spacial score (nSPS) is 16.7. The largest absolute Gasteiger partial charge is 0.325 e. The van der Waals surface area contributed by atoms with Crippen molar-refractivity contribution in [1.82, 2.24) is 14.2 Å². The van der Waals surface area contributed by atoms with Crippen molar-refractivity contribution in [3.63, 3.8) is 0 Å². The lowest BCUT2D eigenvalue weighted by atomic mass is 10.2. The summed E-state index contributed by atoms with van der Waals surface area (Å²) in [6, 6.07) is 9.32. The topological polar surface area (TPSA) is 106 Å². The summed E-state index contributed by atoms with van der Waals surface area (Å²) in [6.45, 7) is 3.21. The summed E-state index contributed by atoms with van der Waals surface area (Å²) >= 11 is 6.00. The summed E-state index contributed by atoms with van der Waals surface area (Å²) in [5.74, 6) is -0.227. The third-order valence-electron chi connectivity index (χ3n) is 4.83. The molecular formula is C19H20ClN5O3S. The molecular weight excluding hydrogens is 414 g/mol. The Kier molecular flexibility index (Phi) is 6.49. The van der Waals surface area contributed by atoms with Gasteiger partial charge in [-0.15, -0.1) is 0 Å². The maximum absolute atomic E-state index is 12.7. The fraction of sp³-hybridized carbons (Fsp3) is 0.316. The summed E-state index contributed by atoms with van der Waals surface area (Å²) in [5.41, 5.74) is 0.840. The van der Waals surface area contributed by atoms with Gasteiger partial charge in [0.1, 0.15) is 11.0 Å². The van der Waals surface area contributed by atoms with Crippen molar-refractivity contribution >= 4 is 33.2 Å². The first-order valence-electron chi connectivity index (χ1n) is 8.97. The zero-order valence-corrected chi connectivity index (χ0v) is 17.3. The van der Waals surface area contributed by atoms with Gasteiger partial charge in [0.25, 0.3) is 0 Å². The monoisotopic (exact) mass is 433 g/mol. The molecule has 1 aromatic carbocycles. The second kappa shape index (κ2) is 8.88. The first-order chi connectivity index (χ1) is 13.8. The molecule has 29 heavy (non-hydrogen) atoms. The van der Waals surface area contributed by atoms with Gasteiger partial charge >= 0.3 is 0 Å². The van der Waals surface area contributed by atoms with Crippen LogP contribution < -0.4 is 5.32 Å². The zero-order chi connectivity index (χ0) is 21.0. The maximum Gasteiger partial charge on any atom is 0.244 e. The van der Waals surface area contributed by atoms with Gasteiger partial charge in [0.05, 0.1) is 16.6 Å². The van der Waals surface area contributed by atoms with E-state index in [9.17, 15) is 13.2 Å². The third-order valence-corrected chi connectivity index (χ3v) is 7.02. The van der Waals surface area contributed by atoms with Crippen molar-refractivity contribution < 1.29 is 13.2 Å². The fourth-order valence-electron chi connectivity index (χ4n) is 3.08. The molecule has 0 bridgehead atoms. The van der Waals surface area contributed by atoms with Crippen LogP contribution in [0.3, 0.4) is 0 Å². The van der Waals surface area contributed by atoms with Gasteiger partial charge in [-0.05, 0) is 37.3 Å². The molecule has 2 heterocycles. The number of carbonyl (C=O) groups excluding carboxylic acids is 1. The molecule has 1 unspecified atom stereocenters. The molecule has 1 amide bonds. The van der Waals surface area contributed by atoms with Gasteiger partial charge in [0, 0.05) is 44.3 Å². The molecule has 152 valence electrons. The highest BCUT2D eigenvalue weighted by molar-refractivity contribution is 7.89. The number of benzene rings is 1. The summed E-state index contributed by atoms with van der Waals surface area (Å²) in [4.78, 5) is 18.5. The molecule has 0 spiro atoms. The number of piperazine rings is 1. The number of nitrogens with zero attached hydrogens (tertiary/aromatic N) is 4. The minimum atomic E-state index is -3.59. The molecule has 1 aliphatic heterocycles. The van der Waals surface area contributed by atoms with E-state index in [0.717, 1.165) is 0 Å². The van der Waals surface area contributed by atoms with Crippen molar-refractivity contribution in [3.05, 3.63) is 53.3 Å². The second-order valence-corrected chi connectivity index (χ2v) is 8.95. The molecule has 0 radical (unpaired) electrons. The number of hydrogen-bond acceptors (Lipinski definition) is 6. The first-order valence-corrected chi connectivity index (χ1v) is 10.8. The molecule has 0 saturated carbocycles. The fourth-order valence-corrected chi connectivity index (χ4v) is 4.69. The Morgan fingerprint density at radius 2 is 2.00 bits per heavy atom. The van der Waals surface area contributed by atoms with Crippen LogP contribution in [0.25, 0.3) is 0 Å². The number of sulfonamides is 1. The Morgan fingerprint density at radius 1 is 1.28 bits per heavy atom. The van der Waals surface area contributed by atoms with Crippen molar-refractivity contribution in [3.8, 4) is 6.07 Å². The Bertz CT molecular complexity index is 1030. The van der Waals surface area contributed by atoms with Crippen LogP contribution in [-0.4, -0.2) is 60.7 Å². The van der Waals surface area contributed by atoms with E-state index in [1.54, 1.807) is 25.1 Å². The summed E-state index contributed by atoms with van der Waals surface area (Å²) in [6.07, 6.45) is 2.86. The molecule has 1 atom stereocenters. The maximum atomic E-state index is 12.7. The Labute approximate surface area is 174 Å². The molecule has 3 rings (SSSR count). The number of hydrogen-bond donors (Lipinski definition) is 1. The van der Waals surface area contributed by atoms with Gasteiger partial charge in [0.2, 0.25) is 15.9 Å². The van der Waals surface area contributed by atoms with Crippen LogP contribution in [-0.2, 0) is 14.8 Å². The number of amides is 1. The third kappa shape index (κ3) is 4.74. The lowest BCUT2D eigenvalue weighted by Crippen LogP contribution is -2.53. The summed E-state index contributed by atoms with van der Waals surface area (Å²) in [7, 11) is -3.59. The van der Waals surface area contributed by atoms with E-state index in [1.165, 1.54) is 28.8 Å². The highest BCUT2D eigenvalue weighted by Gasteiger charge is 2.31. The minimum Gasteiger partial charge on any atom is -0.325 e. The van der Waals surface area contributed by atoms with Gasteiger partial charge in [-0.25, -0.2) is 8.42 Å². The van der Waals surface area contributed by atoms with Crippen LogP contribution in [0.4, 0.5) is 5.69 Å². The van der Waals surface area contributed by atoms with Gasteiger partial charge in [-0.3, -0.25) is 14.7 Å². The average molecular weight is 434 g/mol. The van der Waals surface area contributed by atoms with Gasteiger partial charge in [-0.1, -0.05) is 11.6 Å². The molecule has 1 aliphatic rings. The Balaban J connectivity index is 1.60. The van der Waals surface area contributed by atoms with Crippen LogP contribution >= 0.6 is 11.6 Å². The molecule has 0 aliphatic carbocycles. The minimum absolute atomic E-state index is 0.164. The SMILES string of the molecule is CC(C(=O)Nc1ccc(C#N)c(Cl)c1)N1CCN(S(=O)(=O)c2cccnc2)CC1. The predicted molar refractivity (Wildman–Crippen MR) is 109 cm³/mol. The molecule has 1 saturated heterocycles. The van der Waals surface area contributed by atoms with Gasteiger partial charge in [-0.2, -0.15) is 9.57 Å². The quantitative estimate of drug-likeness (QED) is 0.772. The van der Waals surface area contributed by atoms with E-state index in [-0.39, 0.29) is 28.9 Å². The molecule has 8 nitrogen and oxygen atoms in total. The molecule has 1 N–H and O–H groups in total. The highest BCUT2D eigenvalue weighted by Crippen LogP contribution is 2.21. The van der Waals surface area contributed by atoms with Gasteiger partial charge < -0.3 is 5.32 Å². The number of halogens is 1. The van der Waals surface area contributed by atoms with E-state index in [0.29, 0.717) is 24.3 Å². The lowest BCUT2D eigenvalue weighted by molar-refractivity contribution is -0.121. The first kappa shape index (κ1) is 21.2. The number of nitriles is 1. The zero-order valence-electron chi connectivity index (χ0n) is 15.7. The van der Waals surface area contributed by atoms with E-state index in [4.69, 9.17) is 16.9 Å². The van der Waals surface area contributed by atoms with Crippen molar-refractivity contribution in [2.75, 3.05) is 31.5 Å². The smallest absolute Gasteiger partial charge is 0.244 e. The predicted octanol–water partition coefficient (Wildman–Crippen LogP) is 1.94. The lowest BCUT2D eigenvalue weighted by Gasteiger charge is -2.36. The number of pyridine rings is 1. The number of nitrogens with one attached hydrogen (secondary N) is 1. The van der Waals surface area contributed by atoms with E-state index in [2.05, 4.69) is 10.3 Å². The van der Waals surface area contributed by atoms with E-state index < -0.39 is 16.1 Å². The standard InChI is InChI=1S/C19H20ClN5O3S/c1-14(19(26)23-16-5-4-15(12-21)18(20)11-16)24-7-9-25(10-8-24)29(27,28)17-3-2-6-22-13-17/h2-6,11,13-14H,7-10H2,1H3,(H,23,26). The van der Waals surface area contributed by atoms with Crippen LogP contribution in [0.5, 0.6) is 0 Å². The number of aromatic nitrogens is 1. The van der Waals surface area contributed by atoms with Crippen LogP contribution in [0, 0.1) is 11.3 Å². The van der Waals surface area contributed by atoms with Crippen molar-refractivity contribution in [2.24, 2.45) is 0 Å². The molecule has 2 aromatic rings. The van der Waals surface area contributed by atoms with E-state index >= 15 is 0 Å². The second-order valence-electron chi connectivity index (χ2n) is 6.60. The van der Waals surface area contributed by atoms with Crippen molar-refractivity contribution in [2.45, 2.75) is 17.9 Å². The Morgan fingerprint density at radius 3 is 2.59 bits per heavy atom.